The number of hydrogen-bond acceptors (Lipinski definition) is 3. The van der Waals surface area contributed by atoms with Crippen molar-refractivity contribution in [3.8, 4) is 11.8 Å². The predicted octanol–water partition coefficient (Wildman–Crippen LogP) is 6.61. The van der Waals surface area contributed by atoms with Gasteiger partial charge < -0.3 is 10.1 Å². The van der Waals surface area contributed by atoms with E-state index in [1.165, 1.54) is 25.3 Å². The second kappa shape index (κ2) is 10.4. The molecule has 1 amide bonds. The van der Waals surface area contributed by atoms with Crippen LogP contribution in [0.25, 0.3) is 6.08 Å². The summed E-state index contributed by atoms with van der Waals surface area (Å²) in [5.74, 6) is -0.233. The van der Waals surface area contributed by atoms with Crippen LogP contribution < -0.4 is 10.1 Å². The Hall–Kier alpha value is -3.57. The van der Waals surface area contributed by atoms with Crippen LogP contribution in [0.2, 0.25) is 0 Å². The van der Waals surface area contributed by atoms with Crippen molar-refractivity contribution < 1.29 is 22.7 Å². The molecule has 0 atom stereocenters. The number of carbonyl (C=O) groups is 1. The van der Waals surface area contributed by atoms with Crippen molar-refractivity contribution in [3.63, 3.8) is 0 Å². The first-order valence-corrected chi connectivity index (χ1v) is 10.5. The van der Waals surface area contributed by atoms with Gasteiger partial charge in [0, 0.05) is 16.6 Å². The maximum absolute atomic E-state index is 12.9. The van der Waals surface area contributed by atoms with Crippen LogP contribution in [0.15, 0.2) is 76.8 Å². The molecule has 168 valence electrons. The fraction of sp³-hybridized carbons (Fsp3) is 0.120. The Morgan fingerprint density at radius 2 is 1.85 bits per heavy atom. The van der Waals surface area contributed by atoms with E-state index in [-0.39, 0.29) is 11.3 Å². The lowest BCUT2D eigenvalue weighted by atomic mass is 10.0. The van der Waals surface area contributed by atoms with Gasteiger partial charge in [0.2, 0.25) is 0 Å². The van der Waals surface area contributed by atoms with E-state index in [9.17, 15) is 23.2 Å². The number of halogens is 4. The summed E-state index contributed by atoms with van der Waals surface area (Å²) in [6, 6.07) is 19.1. The minimum Gasteiger partial charge on any atom is -0.496 e. The van der Waals surface area contributed by atoms with Gasteiger partial charge >= 0.3 is 6.18 Å². The van der Waals surface area contributed by atoms with Gasteiger partial charge in [-0.2, -0.15) is 18.4 Å². The van der Waals surface area contributed by atoms with E-state index in [0.717, 1.165) is 27.7 Å². The van der Waals surface area contributed by atoms with E-state index in [2.05, 4.69) is 21.2 Å². The molecule has 8 heteroatoms. The normalized spacial score (nSPS) is 11.6. The number of benzene rings is 3. The third-order valence-corrected chi connectivity index (χ3v) is 5.55. The number of nitriles is 1. The first-order valence-electron chi connectivity index (χ1n) is 9.72. The quantitative estimate of drug-likeness (QED) is 0.297. The molecule has 0 radical (unpaired) electrons. The van der Waals surface area contributed by atoms with Gasteiger partial charge in [0.15, 0.2) is 0 Å². The molecule has 4 nitrogen and oxygen atoms in total. The molecule has 0 fully saturated rings. The molecule has 0 unspecified atom stereocenters. The van der Waals surface area contributed by atoms with E-state index < -0.39 is 17.6 Å². The summed E-state index contributed by atoms with van der Waals surface area (Å²) in [6.45, 7) is 0. The summed E-state index contributed by atoms with van der Waals surface area (Å²) in [7, 11) is 1.53. The largest absolute Gasteiger partial charge is 0.496 e. The van der Waals surface area contributed by atoms with Gasteiger partial charge in [-0.05, 0) is 53.1 Å². The Kier molecular flexibility index (Phi) is 7.56. The molecule has 0 aliphatic carbocycles. The Morgan fingerprint density at radius 3 is 2.52 bits per heavy atom. The molecule has 0 aromatic heterocycles. The fourth-order valence-electron chi connectivity index (χ4n) is 3.13. The standard InChI is InChI=1S/C25H18BrF3N2O2/c1-33-23-12-16(9-10-18(23)13-17-5-2-3-8-22(17)26)11-19(15-30)24(32)31-21-7-4-6-20(14-21)25(27,28)29/h2-12,14H,13H2,1H3,(H,31,32)/b19-11+. The topological polar surface area (TPSA) is 62.1 Å². The summed E-state index contributed by atoms with van der Waals surface area (Å²) < 4.78 is 45.1. The zero-order valence-corrected chi connectivity index (χ0v) is 19.0. The van der Waals surface area contributed by atoms with E-state index >= 15 is 0 Å². The lowest BCUT2D eigenvalue weighted by Crippen LogP contribution is -2.14. The monoisotopic (exact) mass is 514 g/mol. The minimum atomic E-state index is -4.54. The lowest BCUT2D eigenvalue weighted by molar-refractivity contribution is -0.137. The van der Waals surface area contributed by atoms with Gasteiger partial charge in [-0.3, -0.25) is 4.79 Å². The Labute approximate surface area is 197 Å². The van der Waals surface area contributed by atoms with Crippen molar-refractivity contribution in [2.75, 3.05) is 12.4 Å². The SMILES string of the molecule is COc1cc(/C=C(\C#N)C(=O)Nc2cccc(C(F)(F)F)c2)ccc1Cc1ccccc1Br. The van der Waals surface area contributed by atoms with E-state index in [0.29, 0.717) is 17.7 Å². The average molecular weight is 515 g/mol. The van der Waals surface area contributed by atoms with Crippen molar-refractivity contribution in [2.24, 2.45) is 0 Å². The van der Waals surface area contributed by atoms with Crippen LogP contribution >= 0.6 is 15.9 Å². The number of amides is 1. The molecule has 3 aromatic carbocycles. The molecular weight excluding hydrogens is 497 g/mol. The highest BCUT2D eigenvalue weighted by molar-refractivity contribution is 9.10. The highest BCUT2D eigenvalue weighted by Crippen LogP contribution is 2.31. The van der Waals surface area contributed by atoms with E-state index in [1.54, 1.807) is 18.2 Å². The molecule has 3 rings (SSSR count). The summed E-state index contributed by atoms with van der Waals surface area (Å²) in [6.07, 6.45) is -2.58. The second-order valence-corrected chi connectivity index (χ2v) is 7.90. The summed E-state index contributed by atoms with van der Waals surface area (Å²) in [4.78, 5) is 12.5. The smallest absolute Gasteiger partial charge is 0.416 e. The van der Waals surface area contributed by atoms with Crippen molar-refractivity contribution in [2.45, 2.75) is 12.6 Å². The van der Waals surface area contributed by atoms with Crippen LogP contribution in [0.4, 0.5) is 18.9 Å². The van der Waals surface area contributed by atoms with Gasteiger partial charge in [0.05, 0.1) is 12.7 Å². The van der Waals surface area contributed by atoms with Crippen molar-refractivity contribution >= 4 is 33.6 Å². The lowest BCUT2D eigenvalue weighted by Gasteiger charge is -2.11. The third kappa shape index (κ3) is 6.24. The average Bonchev–Trinajstić information content (AvgIpc) is 2.79. The number of nitrogens with zero attached hydrogens (tertiary/aromatic N) is 1. The number of carbonyl (C=O) groups excluding carboxylic acids is 1. The number of alkyl halides is 3. The zero-order chi connectivity index (χ0) is 24.0. The van der Waals surface area contributed by atoms with Crippen LogP contribution in [-0.2, 0) is 17.4 Å². The molecule has 0 saturated heterocycles. The van der Waals surface area contributed by atoms with Crippen molar-refractivity contribution in [1.29, 1.82) is 5.26 Å². The minimum absolute atomic E-state index is 0.0580. The summed E-state index contributed by atoms with van der Waals surface area (Å²) >= 11 is 3.52. The highest BCUT2D eigenvalue weighted by Gasteiger charge is 2.30. The Bertz CT molecular complexity index is 1250. The molecule has 0 heterocycles. The van der Waals surface area contributed by atoms with Gasteiger partial charge in [-0.15, -0.1) is 0 Å². The fourth-order valence-corrected chi connectivity index (χ4v) is 3.56. The van der Waals surface area contributed by atoms with Crippen molar-refractivity contribution in [3.05, 3.63) is 99.0 Å². The molecular formula is C25H18BrF3N2O2. The van der Waals surface area contributed by atoms with Crippen LogP contribution in [0.3, 0.4) is 0 Å². The highest BCUT2D eigenvalue weighted by atomic mass is 79.9. The maximum atomic E-state index is 12.9. The van der Waals surface area contributed by atoms with Crippen LogP contribution in [0.1, 0.15) is 22.3 Å². The summed E-state index contributed by atoms with van der Waals surface area (Å²) in [5.41, 5.74) is 1.31. The number of ether oxygens (including phenoxy) is 1. The van der Waals surface area contributed by atoms with E-state index in [1.807, 2.05) is 30.3 Å². The number of anilines is 1. The molecule has 0 saturated carbocycles. The molecule has 0 spiro atoms. The first kappa shape index (κ1) is 24.1. The van der Waals surface area contributed by atoms with E-state index in [4.69, 9.17) is 4.74 Å². The molecule has 1 N–H and O–H groups in total. The van der Waals surface area contributed by atoms with Gasteiger partial charge in [-0.25, -0.2) is 0 Å². The Morgan fingerprint density at radius 1 is 1.09 bits per heavy atom. The molecule has 0 bridgehead atoms. The molecule has 0 aliphatic heterocycles. The van der Waals surface area contributed by atoms with Gasteiger partial charge in [-0.1, -0.05) is 52.3 Å². The van der Waals surface area contributed by atoms with Gasteiger partial charge in [0.1, 0.15) is 17.4 Å². The number of hydrogen-bond donors (Lipinski definition) is 1. The van der Waals surface area contributed by atoms with Gasteiger partial charge in [0.25, 0.3) is 5.91 Å². The van der Waals surface area contributed by atoms with Crippen molar-refractivity contribution in [1.82, 2.24) is 0 Å². The second-order valence-electron chi connectivity index (χ2n) is 7.04. The maximum Gasteiger partial charge on any atom is 0.416 e. The number of nitrogens with one attached hydrogen (secondary N) is 1. The number of methoxy groups -OCH3 is 1. The predicted molar refractivity (Wildman–Crippen MR) is 124 cm³/mol. The van der Waals surface area contributed by atoms with Crippen LogP contribution in [0, 0.1) is 11.3 Å². The zero-order valence-electron chi connectivity index (χ0n) is 17.4. The van der Waals surface area contributed by atoms with Crippen LogP contribution in [-0.4, -0.2) is 13.0 Å². The summed E-state index contributed by atoms with van der Waals surface area (Å²) in [5, 5.41) is 11.8. The molecule has 0 aliphatic rings. The number of rotatable bonds is 6. The first-order chi connectivity index (χ1) is 15.7. The third-order valence-electron chi connectivity index (χ3n) is 4.77. The van der Waals surface area contributed by atoms with Crippen LogP contribution in [0.5, 0.6) is 5.75 Å². The molecule has 33 heavy (non-hydrogen) atoms. The molecule has 3 aromatic rings. The Balaban J connectivity index is 1.82.